The second kappa shape index (κ2) is 9.70. The predicted molar refractivity (Wildman–Crippen MR) is 138 cm³/mol. The molecule has 2 radical (unpaired) electrons. The van der Waals surface area contributed by atoms with Crippen LogP contribution < -0.4 is 15.9 Å². The highest BCUT2D eigenvalue weighted by atomic mass is 35.5. The average Bonchev–Trinajstić information content (AvgIpc) is 3.25. The fourth-order valence-electron chi connectivity index (χ4n) is 4.24. The Labute approximate surface area is 208 Å². The van der Waals surface area contributed by atoms with Gasteiger partial charge in [-0.3, -0.25) is 9.93 Å². The highest BCUT2D eigenvalue weighted by Gasteiger charge is 2.26. The molecule has 0 saturated carbocycles. The fourth-order valence-corrected chi connectivity index (χ4v) is 4.91. The van der Waals surface area contributed by atoms with E-state index in [1.165, 1.54) is 0 Å². The number of carbonyl (C=O) groups excluding carboxylic acids is 1. The van der Waals surface area contributed by atoms with Crippen LogP contribution in [0.1, 0.15) is 23.2 Å². The SMILES string of the molecule is [B]c1cnn2c(NC3CCN(C(=O)c4ccccc4SN)CC3)cc(-c3ccccc3Cl)nc12. The number of hydrogen-bond donors (Lipinski definition) is 2. The highest BCUT2D eigenvalue weighted by Crippen LogP contribution is 2.29. The number of amides is 1. The molecular formula is C24H22BClN6OS. The number of likely N-dealkylation sites (tertiary alicyclic amines) is 1. The van der Waals surface area contributed by atoms with Gasteiger partial charge in [-0.2, -0.15) is 9.61 Å². The molecule has 2 aromatic carbocycles. The van der Waals surface area contributed by atoms with Gasteiger partial charge in [0.15, 0.2) is 5.65 Å². The Bertz CT molecular complexity index is 1350. The molecule has 34 heavy (non-hydrogen) atoms. The van der Waals surface area contributed by atoms with Crippen molar-refractivity contribution in [1.82, 2.24) is 19.5 Å². The normalized spacial score (nSPS) is 14.5. The molecule has 1 saturated heterocycles. The smallest absolute Gasteiger partial charge is 0.255 e. The van der Waals surface area contributed by atoms with Crippen molar-refractivity contribution in [2.75, 3.05) is 18.4 Å². The first-order valence-corrected chi connectivity index (χ1v) is 12.2. The number of nitrogens with two attached hydrogens (primary N) is 1. The van der Waals surface area contributed by atoms with E-state index >= 15 is 0 Å². The summed E-state index contributed by atoms with van der Waals surface area (Å²) in [6.45, 7) is 1.29. The topological polar surface area (TPSA) is 88.5 Å². The number of nitrogens with zero attached hydrogens (tertiary/aromatic N) is 4. The maximum Gasteiger partial charge on any atom is 0.255 e. The van der Waals surface area contributed by atoms with Crippen LogP contribution in [0.5, 0.6) is 0 Å². The van der Waals surface area contributed by atoms with Gasteiger partial charge in [0.05, 0.1) is 11.3 Å². The van der Waals surface area contributed by atoms with Crippen LogP contribution in [0.4, 0.5) is 5.82 Å². The first-order chi connectivity index (χ1) is 16.5. The number of carbonyl (C=O) groups is 1. The molecule has 1 aliphatic rings. The summed E-state index contributed by atoms with van der Waals surface area (Å²) in [6, 6.07) is 17.1. The molecule has 1 fully saturated rings. The van der Waals surface area contributed by atoms with Crippen molar-refractivity contribution in [2.45, 2.75) is 23.8 Å². The third kappa shape index (κ3) is 4.38. The van der Waals surface area contributed by atoms with Crippen molar-refractivity contribution < 1.29 is 4.79 Å². The third-order valence-corrected chi connectivity index (χ3v) is 6.97. The van der Waals surface area contributed by atoms with E-state index in [-0.39, 0.29) is 11.9 Å². The van der Waals surface area contributed by atoms with E-state index in [9.17, 15) is 4.79 Å². The number of aromatic nitrogens is 3. The largest absolute Gasteiger partial charge is 0.367 e. The Morgan fingerprint density at radius 3 is 2.65 bits per heavy atom. The van der Waals surface area contributed by atoms with E-state index < -0.39 is 0 Å². The lowest BCUT2D eigenvalue weighted by molar-refractivity contribution is 0.0715. The maximum atomic E-state index is 13.0. The molecule has 3 heterocycles. The number of benzene rings is 2. The van der Waals surface area contributed by atoms with Crippen molar-refractivity contribution in [2.24, 2.45) is 5.14 Å². The molecule has 1 amide bonds. The molecule has 0 spiro atoms. The van der Waals surface area contributed by atoms with E-state index in [0.717, 1.165) is 46.8 Å². The summed E-state index contributed by atoms with van der Waals surface area (Å²) in [5, 5.41) is 14.3. The summed E-state index contributed by atoms with van der Waals surface area (Å²) in [7, 11) is 6.13. The number of halogens is 1. The lowest BCUT2D eigenvalue weighted by atomic mass is 10.0. The number of fused-ring (bicyclic) bond motifs is 1. The van der Waals surface area contributed by atoms with Crippen LogP contribution in [-0.4, -0.2) is 52.4 Å². The molecule has 0 bridgehead atoms. The molecule has 10 heteroatoms. The molecule has 2 aromatic heterocycles. The Morgan fingerprint density at radius 1 is 1.15 bits per heavy atom. The second-order valence-corrected chi connectivity index (χ2v) is 9.25. The van der Waals surface area contributed by atoms with Gasteiger partial charge < -0.3 is 10.2 Å². The van der Waals surface area contributed by atoms with Crippen molar-refractivity contribution in [3.05, 3.63) is 71.4 Å². The van der Waals surface area contributed by atoms with Crippen molar-refractivity contribution in [1.29, 1.82) is 0 Å². The number of rotatable bonds is 5. The summed E-state index contributed by atoms with van der Waals surface area (Å²) in [5.74, 6) is 0.797. The van der Waals surface area contributed by atoms with Gasteiger partial charge in [0, 0.05) is 46.9 Å². The van der Waals surface area contributed by atoms with Gasteiger partial charge in [-0.25, -0.2) is 4.98 Å². The van der Waals surface area contributed by atoms with Crippen LogP contribution in [0.15, 0.2) is 65.7 Å². The van der Waals surface area contributed by atoms with Crippen LogP contribution >= 0.6 is 23.5 Å². The zero-order valence-electron chi connectivity index (χ0n) is 18.3. The van der Waals surface area contributed by atoms with E-state index in [4.69, 9.17) is 29.6 Å². The summed E-state index contributed by atoms with van der Waals surface area (Å²) in [5.41, 5.74) is 3.26. The minimum absolute atomic E-state index is 0.0131. The van der Waals surface area contributed by atoms with Gasteiger partial charge in [-0.15, -0.1) is 0 Å². The first-order valence-electron chi connectivity index (χ1n) is 11.0. The third-order valence-electron chi connectivity index (χ3n) is 6.03. The number of anilines is 1. The average molecular weight is 489 g/mol. The van der Waals surface area contributed by atoms with Crippen LogP contribution in [0.3, 0.4) is 0 Å². The standard InChI is InChI=1S/C24H22BClN6OS/c25-18-14-28-32-22(13-20(30-23(18)32)16-5-1-3-7-19(16)26)29-15-9-11-31(12-10-15)24(33)17-6-2-4-8-21(17)34-27/h1-8,13-15,29H,9-12,27H2. The highest BCUT2D eigenvalue weighted by molar-refractivity contribution is 7.97. The summed E-state index contributed by atoms with van der Waals surface area (Å²) in [4.78, 5) is 20.4. The van der Waals surface area contributed by atoms with Gasteiger partial charge in [0.2, 0.25) is 0 Å². The summed E-state index contributed by atoms with van der Waals surface area (Å²) in [6.07, 6.45) is 3.19. The van der Waals surface area contributed by atoms with E-state index in [2.05, 4.69) is 10.4 Å². The Balaban J connectivity index is 1.35. The zero-order chi connectivity index (χ0) is 23.7. The molecule has 1 aliphatic heterocycles. The number of nitrogens with one attached hydrogen (secondary N) is 1. The van der Waals surface area contributed by atoms with Crippen LogP contribution in [0.2, 0.25) is 5.02 Å². The zero-order valence-corrected chi connectivity index (χ0v) is 19.9. The Morgan fingerprint density at radius 2 is 1.88 bits per heavy atom. The number of piperidine rings is 1. The van der Waals surface area contributed by atoms with Crippen molar-refractivity contribution >= 4 is 54.2 Å². The lowest BCUT2D eigenvalue weighted by Crippen LogP contribution is -2.42. The molecule has 170 valence electrons. The molecule has 0 atom stereocenters. The second-order valence-electron chi connectivity index (χ2n) is 8.17. The first kappa shape index (κ1) is 22.8. The monoisotopic (exact) mass is 488 g/mol. The maximum absolute atomic E-state index is 13.0. The van der Waals surface area contributed by atoms with Gasteiger partial charge in [0.1, 0.15) is 13.7 Å². The molecule has 3 N–H and O–H groups in total. The van der Waals surface area contributed by atoms with E-state index in [1.54, 1.807) is 10.7 Å². The molecule has 5 rings (SSSR count). The van der Waals surface area contributed by atoms with Crippen LogP contribution in [0, 0.1) is 0 Å². The molecule has 4 aromatic rings. The minimum Gasteiger partial charge on any atom is -0.367 e. The number of hydrogen-bond acceptors (Lipinski definition) is 6. The van der Waals surface area contributed by atoms with Gasteiger partial charge in [-0.05, 0) is 48.5 Å². The minimum atomic E-state index is 0.0131. The van der Waals surface area contributed by atoms with E-state index in [0.29, 0.717) is 34.8 Å². The quantitative estimate of drug-likeness (QED) is 0.330. The molecule has 0 aliphatic carbocycles. The van der Waals surface area contributed by atoms with Gasteiger partial charge >= 0.3 is 0 Å². The molecular weight excluding hydrogens is 467 g/mol. The predicted octanol–water partition coefficient (Wildman–Crippen LogP) is 3.53. The molecule has 0 unspecified atom stereocenters. The van der Waals surface area contributed by atoms with Crippen LogP contribution in [-0.2, 0) is 0 Å². The van der Waals surface area contributed by atoms with Gasteiger partial charge in [0.25, 0.3) is 5.91 Å². The molecule has 7 nitrogen and oxygen atoms in total. The summed E-state index contributed by atoms with van der Waals surface area (Å²) < 4.78 is 1.71. The van der Waals surface area contributed by atoms with Crippen molar-refractivity contribution in [3.63, 3.8) is 0 Å². The Kier molecular flexibility index (Phi) is 6.49. The van der Waals surface area contributed by atoms with E-state index in [1.807, 2.05) is 59.5 Å². The van der Waals surface area contributed by atoms with Crippen LogP contribution in [0.25, 0.3) is 16.9 Å². The Hall–Kier alpha value is -3.01. The van der Waals surface area contributed by atoms with Crippen molar-refractivity contribution in [3.8, 4) is 11.3 Å². The van der Waals surface area contributed by atoms with Gasteiger partial charge in [-0.1, -0.05) is 41.9 Å². The summed E-state index contributed by atoms with van der Waals surface area (Å²) >= 11 is 7.52. The fraction of sp³-hybridized carbons (Fsp3) is 0.208. The lowest BCUT2D eigenvalue weighted by Gasteiger charge is -2.33.